The lowest BCUT2D eigenvalue weighted by Gasteiger charge is -2.19. The molecule has 0 atom stereocenters. The first kappa shape index (κ1) is 15.9. The number of benzene rings is 2. The number of hydrogen-bond acceptors (Lipinski definition) is 5. The Morgan fingerprint density at radius 3 is 2.63 bits per heavy atom. The number of nitrogens with zero attached hydrogens (tertiary/aromatic N) is 6. The van der Waals surface area contributed by atoms with Gasteiger partial charge in [0.05, 0.1) is 22.6 Å². The standard InChI is InChI=1S/C20H20N6O/c1-24-17(7-8-21-24)14-11-18(25-9-2-3-10-25)20-19(12-14)26(23-22-20)15-5-4-6-16(27)13-15/h4-8,11-13,27H,2-3,9-10H2,1H3. The van der Waals surface area contributed by atoms with Gasteiger partial charge in [0.25, 0.3) is 0 Å². The second kappa shape index (κ2) is 6.12. The van der Waals surface area contributed by atoms with Gasteiger partial charge in [0.15, 0.2) is 0 Å². The molecule has 0 saturated carbocycles. The van der Waals surface area contributed by atoms with Crippen LogP contribution in [-0.4, -0.2) is 43.0 Å². The summed E-state index contributed by atoms with van der Waals surface area (Å²) in [5, 5.41) is 23.1. The van der Waals surface area contributed by atoms with E-state index in [2.05, 4.69) is 32.4 Å². The van der Waals surface area contributed by atoms with Crippen LogP contribution in [0.3, 0.4) is 0 Å². The molecule has 0 aliphatic carbocycles. The Bertz CT molecular complexity index is 1120. The van der Waals surface area contributed by atoms with Gasteiger partial charge < -0.3 is 10.0 Å². The van der Waals surface area contributed by atoms with E-state index in [1.54, 1.807) is 23.0 Å². The van der Waals surface area contributed by atoms with E-state index in [4.69, 9.17) is 0 Å². The van der Waals surface area contributed by atoms with Crippen LogP contribution in [0.1, 0.15) is 12.8 Å². The fraction of sp³-hybridized carbons (Fsp3) is 0.250. The minimum atomic E-state index is 0.207. The average molecular weight is 360 g/mol. The molecular formula is C20H20N6O. The van der Waals surface area contributed by atoms with Gasteiger partial charge in [-0.25, -0.2) is 4.68 Å². The summed E-state index contributed by atoms with van der Waals surface area (Å²) in [6, 6.07) is 13.4. The highest BCUT2D eigenvalue weighted by Crippen LogP contribution is 2.34. The number of fused-ring (bicyclic) bond motifs is 1. The summed E-state index contributed by atoms with van der Waals surface area (Å²) >= 11 is 0. The van der Waals surface area contributed by atoms with Gasteiger partial charge in [-0.3, -0.25) is 4.68 Å². The van der Waals surface area contributed by atoms with Crippen molar-refractivity contribution in [2.24, 2.45) is 7.05 Å². The van der Waals surface area contributed by atoms with Crippen molar-refractivity contribution in [3.63, 3.8) is 0 Å². The van der Waals surface area contributed by atoms with Crippen LogP contribution in [0.4, 0.5) is 5.69 Å². The minimum Gasteiger partial charge on any atom is -0.508 e. The first-order chi connectivity index (χ1) is 13.2. The monoisotopic (exact) mass is 360 g/mol. The van der Waals surface area contributed by atoms with E-state index in [0.29, 0.717) is 0 Å². The van der Waals surface area contributed by atoms with E-state index in [9.17, 15) is 5.11 Å². The maximum absolute atomic E-state index is 9.87. The van der Waals surface area contributed by atoms with Crippen LogP contribution in [-0.2, 0) is 7.05 Å². The Kier molecular flexibility index (Phi) is 3.60. The van der Waals surface area contributed by atoms with Crippen molar-refractivity contribution in [3.05, 3.63) is 48.7 Å². The van der Waals surface area contributed by atoms with Crippen molar-refractivity contribution in [1.82, 2.24) is 24.8 Å². The van der Waals surface area contributed by atoms with Gasteiger partial charge >= 0.3 is 0 Å². The molecule has 2 aromatic carbocycles. The van der Waals surface area contributed by atoms with Crippen molar-refractivity contribution in [2.75, 3.05) is 18.0 Å². The number of hydrogen-bond donors (Lipinski definition) is 1. The summed E-state index contributed by atoms with van der Waals surface area (Å²) in [4.78, 5) is 2.38. The summed E-state index contributed by atoms with van der Waals surface area (Å²) in [5.41, 5.74) is 5.81. The Balaban J connectivity index is 1.77. The summed E-state index contributed by atoms with van der Waals surface area (Å²) in [6.45, 7) is 2.06. The SMILES string of the molecule is Cn1nccc1-c1cc(N2CCCC2)c2nnn(-c3cccc(O)c3)c2c1. The van der Waals surface area contributed by atoms with Crippen LogP contribution in [0.15, 0.2) is 48.7 Å². The molecule has 0 amide bonds. The molecule has 1 saturated heterocycles. The lowest BCUT2D eigenvalue weighted by atomic mass is 10.1. The number of aromatic nitrogens is 5. The van der Waals surface area contributed by atoms with Gasteiger partial charge in [-0.2, -0.15) is 5.10 Å². The summed E-state index contributed by atoms with van der Waals surface area (Å²) < 4.78 is 3.66. The molecule has 1 aliphatic rings. The maximum atomic E-state index is 9.87. The first-order valence-electron chi connectivity index (χ1n) is 9.13. The van der Waals surface area contributed by atoms with E-state index < -0.39 is 0 Å². The Morgan fingerprint density at radius 1 is 1.04 bits per heavy atom. The predicted octanol–water partition coefficient (Wildman–Crippen LogP) is 3.13. The third-order valence-corrected chi connectivity index (χ3v) is 5.17. The Hall–Kier alpha value is -3.35. The number of phenolic OH excluding ortho intramolecular Hbond substituents is 1. The zero-order valence-electron chi connectivity index (χ0n) is 15.1. The molecule has 4 aromatic rings. The van der Waals surface area contributed by atoms with E-state index in [1.165, 1.54) is 12.8 Å². The largest absolute Gasteiger partial charge is 0.508 e. The van der Waals surface area contributed by atoms with E-state index in [0.717, 1.165) is 46.8 Å². The van der Waals surface area contributed by atoms with Crippen molar-refractivity contribution < 1.29 is 5.11 Å². The molecule has 2 aromatic heterocycles. The van der Waals surface area contributed by atoms with E-state index in [-0.39, 0.29) is 5.75 Å². The Morgan fingerprint density at radius 2 is 1.89 bits per heavy atom. The van der Waals surface area contributed by atoms with Crippen molar-refractivity contribution in [2.45, 2.75) is 12.8 Å². The number of rotatable bonds is 3. The summed E-state index contributed by atoms with van der Waals surface area (Å²) in [6.07, 6.45) is 4.19. The summed E-state index contributed by atoms with van der Waals surface area (Å²) in [5.74, 6) is 0.207. The molecule has 0 bridgehead atoms. The van der Waals surface area contributed by atoms with Crippen LogP contribution >= 0.6 is 0 Å². The number of anilines is 1. The first-order valence-corrected chi connectivity index (χ1v) is 9.13. The van der Waals surface area contributed by atoms with E-state index >= 15 is 0 Å². The fourth-order valence-corrected chi connectivity index (χ4v) is 3.83. The zero-order valence-corrected chi connectivity index (χ0v) is 15.1. The second-order valence-electron chi connectivity index (χ2n) is 6.92. The molecule has 1 N–H and O–H groups in total. The highest BCUT2D eigenvalue weighted by Gasteiger charge is 2.21. The predicted molar refractivity (Wildman–Crippen MR) is 104 cm³/mol. The van der Waals surface area contributed by atoms with Gasteiger partial charge in [0.2, 0.25) is 0 Å². The van der Waals surface area contributed by atoms with Crippen molar-refractivity contribution in [1.29, 1.82) is 0 Å². The van der Waals surface area contributed by atoms with Gasteiger partial charge in [-0.1, -0.05) is 11.3 Å². The van der Waals surface area contributed by atoms with Crippen LogP contribution in [0.5, 0.6) is 5.75 Å². The quantitative estimate of drug-likeness (QED) is 0.608. The average Bonchev–Trinajstić information content (AvgIpc) is 3.41. The minimum absolute atomic E-state index is 0.207. The summed E-state index contributed by atoms with van der Waals surface area (Å²) in [7, 11) is 1.94. The highest BCUT2D eigenvalue weighted by atomic mass is 16.3. The van der Waals surface area contributed by atoms with E-state index in [1.807, 2.05) is 29.9 Å². The van der Waals surface area contributed by atoms with Crippen LogP contribution in [0.25, 0.3) is 28.0 Å². The van der Waals surface area contributed by atoms with Crippen molar-refractivity contribution in [3.8, 4) is 22.7 Å². The lowest BCUT2D eigenvalue weighted by Crippen LogP contribution is -2.18. The third-order valence-electron chi connectivity index (χ3n) is 5.17. The molecule has 1 fully saturated rings. The topological polar surface area (TPSA) is 72.0 Å². The van der Waals surface area contributed by atoms with Crippen LogP contribution in [0, 0.1) is 0 Å². The number of aryl methyl sites for hydroxylation is 1. The molecule has 3 heterocycles. The molecule has 136 valence electrons. The number of aromatic hydroxyl groups is 1. The van der Waals surface area contributed by atoms with Gasteiger partial charge in [0.1, 0.15) is 11.3 Å². The molecule has 7 heteroatoms. The van der Waals surface area contributed by atoms with Gasteiger partial charge in [-0.15, -0.1) is 5.10 Å². The molecule has 1 aliphatic heterocycles. The molecule has 0 radical (unpaired) electrons. The highest BCUT2D eigenvalue weighted by molar-refractivity contribution is 5.93. The van der Waals surface area contributed by atoms with Crippen LogP contribution in [0.2, 0.25) is 0 Å². The third kappa shape index (κ3) is 2.63. The zero-order chi connectivity index (χ0) is 18.4. The second-order valence-corrected chi connectivity index (χ2v) is 6.92. The normalized spacial score (nSPS) is 14.3. The molecule has 0 spiro atoms. The molecule has 5 rings (SSSR count). The molecule has 0 unspecified atom stereocenters. The maximum Gasteiger partial charge on any atom is 0.136 e. The smallest absolute Gasteiger partial charge is 0.136 e. The molecule has 7 nitrogen and oxygen atoms in total. The molecular weight excluding hydrogens is 340 g/mol. The van der Waals surface area contributed by atoms with Crippen molar-refractivity contribution >= 4 is 16.7 Å². The van der Waals surface area contributed by atoms with Gasteiger partial charge in [0, 0.05) is 38.0 Å². The molecule has 27 heavy (non-hydrogen) atoms. The Labute approximate surface area is 156 Å². The fourth-order valence-electron chi connectivity index (χ4n) is 3.83. The number of phenols is 1. The van der Waals surface area contributed by atoms with Crippen LogP contribution < -0.4 is 4.90 Å². The lowest BCUT2D eigenvalue weighted by molar-refractivity contribution is 0.475. The van der Waals surface area contributed by atoms with Gasteiger partial charge in [-0.05, 0) is 43.2 Å².